The molecule has 140 valence electrons. The molecule has 1 aliphatic heterocycles. The zero-order chi connectivity index (χ0) is 17.9. The van der Waals surface area contributed by atoms with Crippen molar-refractivity contribution >= 4 is 5.91 Å². The van der Waals surface area contributed by atoms with E-state index in [9.17, 15) is 4.79 Å². The predicted molar refractivity (Wildman–Crippen MR) is 95.5 cm³/mol. The molecule has 1 aromatic rings. The molecule has 1 saturated heterocycles. The van der Waals surface area contributed by atoms with Crippen LogP contribution in [0.5, 0.6) is 0 Å². The van der Waals surface area contributed by atoms with Gasteiger partial charge in [0.1, 0.15) is 0 Å². The molecule has 1 saturated carbocycles. The first kappa shape index (κ1) is 18.3. The summed E-state index contributed by atoms with van der Waals surface area (Å²) in [5, 5.41) is 14.8. The number of hydrogen-bond acceptors (Lipinski definition) is 5. The van der Waals surface area contributed by atoms with Crippen molar-refractivity contribution in [1.82, 2.24) is 25.6 Å². The largest absolute Gasteiger partial charge is 0.378 e. The minimum absolute atomic E-state index is 0.0384. The van der Waals surface area contributed by atoms with Crippen LogP contribution in [0.25, 0.3) is 0 Å². The highest BCUT2D eigenvalue weighted by atomic mass is 16.5. The molecule has 2 atom stereocenters. The van der Waals surface area contributed by atoms with Crippen LogP contribution < -0.4 is 10.6 Å². The molecule has 2 aliphatic rings. The average Bonchev–Trinajstić information content (AvgIpc) is 3.13. The van der Waals surface area contributed by atoms with Crippen LogP contribution in [0.1, 0.15) is 69.4 Å². The Morgan fingerprint density at radius 2 is 2.08 bits per heavy atom. The number of nitrogens with one attached hydrogen (secondary N) is 2. The van der Waals surface area contributed by atoms with E-state index in [4.69, 9.17) is 4.74 Å². The minimum atomic E-state index is -0.119. The van der Waals surface area contributed by atoms with Gasteiger partial charge >= 0.3 is 0 Å². The number of ether oxygens (including phenoxy) is 1. The second kappa shape index (κ2) is 7.83. The maximum Gasteiger partial charge on any atom is 0.273 e. The lowest BCUT2D eigenvalue weighted by molar-refractivity contribution is -0.134. The van der Waals surface area contributed by atoms with E-state index >= 15 is 0 Å². The molecule has 1 aliphatic carbocycles. The Balaban J connectivity index is 1.63. The Hall–Kier alpha value is -1.47. The molecule has 3 rings (SSSR count). The molecule has 0 spiro atoms. The van der Waals surface area contributed by atoms with Gasteiger partial charge in [-0.15, -0.1) is 5.10 Å². The van der Waals surface area contributed by atoms with Gasteiger partial charge < -0.3 is 15.4 Å². The summed E-state index contributed by atoms with van der Waals surface area (Å²) in [6.45, 7) is 9.09. The Morgan fingerprint density at radius 3 is 2.72 bits per heavy atom. The third kappa shape index (κ3) is 3.44. The quantitative estimate of drug-likeness (QED) is 0.786. The van der Waals surface area contributed by atoms with Gasteiger partial charge in [0.05, 0.1) is 18.3 Å². The molecular weight excluding hydrogens is 318 g/mol. The molecule has 0 aromatic carbocycles. The van der Waals surface area contributed by atoms with E-state index < -0.39 is 0 Å². The Kier molecular flexibility index (Phi) is 5.74. The maximum absolute atomic E-state index is 12.6. The van der Waals surface area contributed by atoms with Gasteiger partial charge in [0.25, 0.3) is 5.91 Å². The Bertz CT molecular complexity index is 578. The van der Waals surface area contributed by atoms with E-state index in [1.807, 2.05) is 11.6 Å². The van der Waals surface area contributed by atoms with E-state index in [2.05, 4.69) is 34.8 Å². The zero-order valence-electron chi connectivity index (χ0n) is 15.6. The van der Waals surface area contributed by atoms with Crippen molar-refractivity contribution in [2.75, 3.05) is 19.7 Å². The van der Waals surface area contributed by atoms with E-state index in [1.165, 1.54) is 0 Å². The van der Waals surface area contributed by atoms with Crippen LogP contribution in [-0.4, -0.2) is 52.7 Å². The van der Waals surface area contributed by atoms with Gasteiger partial charge in [0.15, 0.2) is 5.69 Å². The number of carbonyl (C=O) groups is 1. The van der Waals surface area contributed by atoms with Crippen molar-refractivity contribution in [2.45, 2.75) is 71.1 Å². The summed E-state index contributed by atoms with van der Waals surface area (Å²) in [6, 6.07) is 0.488. The third-order valence-electron chi connectivity index (χ3n) is 6.20. The van der Waals surface area contributed by atoms with Crippen LogP contribution in [0.4, 0.5) is 0 Å². The Morgan fingerprint density at radius 1 is 1.36 bits per heavy atom. The number of amides is 1. The topological polar surface area (TPSA) is 81.1 Å². The van der Waals surface area contributed by atoms with Gasteiger partial charge in [0.2, 0.25) is 0 Å². The van der Waals surface area contributed by atoms with Gasteiger partial charge in [-0.3, -0.25) is 4.79 Å². The highest BCUT2D eigenvalue weighted by molar-refractivity contribution is 5.92. The first-order valence-corrected chi connectivity index (χ1v) is 9.69. The summed E-state index contributed by atoms with van der Waals surface area (Å²) in [6.07, 6.45) is 6.97. The molecule has 7 heteroatoms. The fraction of sp³-hybridized carbons (Fsp3) is 0.833. The van der Waals surface area contributed by atoms with Gasteiger partial charge in [-0.05, 0) is 52.1 Å². The van der Waals surface area contributed by atoms with Crippen molar-refractivity contribution < 1.29 is 9.53 Å². The van der Waals surface area contributed by atoms with Crippen LogP contribution >= 0.6 is 0 Å². The highest BCUT2D eigenvalue weighted by Crippen LogP contribution is 2.48. The molecule has 1 aromatic heterocycles. The summed E-state index contributed by atoms with van der Waals surface area (Å²) in [5.74, 6) is -0.119. The lowest BCUT2D eigenvalue weighted by atomic mass is 9.58. The highest BCUT2D eigenvalue weighted by Gasteiger charge is 2.54. The summed E-state index contributed by atoms with van der Waals surface area (Å²) in [5.41, 5.74) is 0.455. The standard InChI is InChI=1S/C18H31N5O2/c1-4-18(5-2)15(11-16(18)25-6-3)20-17(24)14-12-23(22-21-14)13-7-9-19-10-8-13/h12-13,15-16,19H,4-11H2,1-3H3,(H,20,24)/t15-,16-/m1/s1. The number of rotatable bonds is 7. The number of nitrogens with zero attached hydrogens (tertiary/aromatic N) is 3. The zero-order valence-corrected chi connectivity index (χ0v) is 15.6. The molecule has 2 fully saturated rings. The van der Waals surface area contributed by atoms with Crippen molar-refractivity contribution in [3.8, 4) is 0 Å². The van der Waals surface area contributed by atoms with E-state index in [0.29, 0.717) is 11.7 Å². The summed E-state index contributed by atoms with van der Waals surface area (Å²) >= 11 is 0. The fourth-order valence-corrected chi connectivity index (χ4v) is 4.45. The molecule has 1 amide bonds. The molecule has 0 radical (unpaired) electrons. The number of hydrogen-bond donors (Lipinski definition) is 2. The van der Waals surface area contributed by atoms with Crippen LogP contribution in [-0.2, 0) is 4.74 Å². The van der Waals surface area contributed by atoms with Crippen LogP contribution in [0.3, 0.4) is 0 Å². The van der Waals surface area contributed by atoms with Gasteiger partial charge in [-0.1, -0.05) is 19.1 Å². The number of carbonyl (C=O) groups excluding carboxylic acids is 1. The summed E-state index contributed by atoms with van der Waals surface area (Å²) < 4.78 is 7.74. The molecule has 2 N–H and O–H groups in total. The van der Waals surface area contributed by atoms with Crippen molar-refractivity contribution in [1.29, 1.82) is 0 Å². The van der Waals surface area contributed by atoms with Gasteiger partial charge in [0, 0.05) is 18.1 Å². The van der Waals surface area contributed by atoms with Crippen molar-refractivity contribution in [3.05, 3.63) is 11.9 Å². The van der Waals surface area contributed by atoms with E-state index in [0.717, 1.165) is 51.8 Å². The lowest BCUT2D eigenvalue weighted by Gasteiger charge is -2.55. The average molecular weight is 349 g/mol. The molecular formula is C18H31N5O2. The molecule has 25 heavy (non-hydrogen) atoms. The van der Waals surface area contributed by atoms with Crippen molar-refractivity contribution in [3.63, 3.8) is 0 Å². The molecule has 0 unspecified atom stereocenters. The second-order valence-electron chi connectivity index (χ2n) is 7.21. The monoisotopic (exact) mass is 349 g/mol. The third-order valence-corrected chi connectivity index (χ3v) is 6.20. The van der Waals surface area contributed by atoms with Crippen LogP contribution in [0, 0.1) is 5.41 Å². The SMILES string of the molecule is CCO[C@@H]1C[C@@H](NC(=O)c2cn(C3CCNCC3)nn2)C1(CC)CC. The van der Waals surface area contributed by atoms with Crippen LogP contribution in [0.15, 0.2) is 6.20 Å². The molecule has 7 nitrogen and oxygen atoms in total. The molecule has 2 heterocycles. The summed E-state index contributed by atoms with van der Waals surface area (Å²) in [4.78, 5) is 12.6. The predicted octanol–water partition coefficient (Wildman–Crippen LogP) is 1.92. The maximum atomic E-state index is 12.6. The van der Waals surface area contributed by atoms with Crippen LogP contribution in [0.2, 0.25) is 0 Å². The number of aromatic nitrogens is 3. The van der Waals surface area contributed by atoms with E-state index in [-0.39, 0.29) is 23.5 Å². The minimum Gasteiger partial charge on any atom is -0.378 e. The van der Waals surface area contributed by atoms with Crippen molar-refractivity contribution in [2.24, 2.45) is 5.41 Å². The lowest BCUT2D eigenvalue weighted by Crippen LogP contribution is -2.64. The van der Waals surface area contributed by atoms with Gasteiger partial charge in [-0.25, -0.2) is 4.68 Å². The smallest absolute Gasteiger partial charge is 0.273 e. The molecule has 0 bridgehead atoms. The fourth-order valence-electron chi connectivity index (χ4n) is 4.45. The Labute approximate surface area is 149 Å². The summed E-state index contributed by atoms with van der Waals surface area (Å²) in [7, 11) is 0. The first-order chi connectivity index (χ1) is 12.1. The first-order valence-electron chi connectivity index (χ1n) is 9.69. The van der Waals surface area contributed by atoms with Gasteiger partial charge in [-0.2, -0.15) is 0 Å². The van der Waals surface area contributed by atoms with E-state index in [1.54, 1.807) is 6.20 Å². The normalized spacial score (nSPS) is 26.2. The second-order valence-corrected chi connectivity index (χ2v) is 7.21. The number of piperidine rings is 1.